The highest BCUT2D eigenvalue weighted by molar-refractivity contribution is 6.12. The van der Waals surface area contributed by atoms with Crippen molar-refractivity contribution < 1.29 is 13.2 Å². The van der Waals surface area contributed by atoms with E-state index in [2.05, 4.69) is 69.4 Å². The zero-order valence-corrected chi connectivity index (χ0v) is 36.9. The molecule has 12 heteroatoms. The average molecular weight is 882 g/mol. The number of fused-ring (bicyclic) bond motifs is 6. The van der Waals surface area contributed by atoms with Gasteiger partial charge < -0.3 is 9.13 Å². The predicted octanol–water partition coefficient (Wildman–Crippen LogP) is 13.4. The van der Waals surface area contributed by atoms with Gasteiger partial charge in [-0.15, -0.1) is 0 Å². The van der Waals surface area contributed by atoms with Crippen molar-refractivity contribution in [2.24, 2.45) is 0 Å². The number of benzene rings is 7. The number of aromatic nitrogens is 8. The summed E-state index contributed by atoms with van der Waals surface area (Å²) in [6, 6.07) is 46.1. The fourth-order valence-corrected chi connectivity index (χ4v) is 9.63. The van der Waals surface area contributed by atoms with E-state index in [4.69, 9.17) is 0 Å². The van der Waals surface area contributed by atoms with Crippen LogP contribution in [-0.2, 0) is 6.18 Å². The van der Waals surface area contributed by atoms with Crippen LogP contribution in [0, 0.1) is 45.9 Å². The average Bonchev–Trinajstić information content (AvgIpc) is 3.82. The van der Waals surface area contributed by atoms with Gasteiger partial charge in [0.25, 0.3) is 0 Å². The highest BCUT2D eigenvalue weighted by Gasteiger charge is 2.34. The van der Waals surface area contributed by atoms with Gasteiger partial charge in [0.15, 0.2) is 11.6 Å². The SMILES string of the molecule is Cc1nc(C)nc(-c2ccc3c(c2)c2ccccc2n3-c2cc(C#N)ccc2-c2ccc(-c3c(C)cccc3C(F)(F)F)cc2-n2c3ccccc3c3cc(-c4nc(C)nc(C)n4)ccc32)n1. The van der Waals surface area contributed by atoms with Crippen LogP contribution in [0.5, 0.6) is 0 Å². The van der Waals surface area contributed by atoms with Crippen LogP contribution in [0.1, 0.15) is 40.0 Å². The number of aryl methyl sites for hydroxylation is 5. The monoisotopic (exact) mass is 881 g/mol. The number of rotatable bonds is 6. The number of hydrogen-bond donors (Lipinski definition) is 0. The molecule has 0 amide bonds. The van der Waals surface area contributed by atoms with E-state index >= 15 is 0 Å². The molecule has 0 aliphatic carbocycles. The molecule has 9 nitrogen and oxygen atoms in total. The molecule has 0 saturated carbocycles. The van der Waals surface area contributed by atoms with Gasteiger partial charge >= 0.3 is 6.18 Å². The Morgan fingerprint density at radius 1 is 0.448 bits per heavy atom. The van der Waals surface area contributed by atoms with E-state index in [0.717, 1.165) is 71.9 Å². The lowest BCUT2D eigenvalue weighted by molar-refractivity contribution is -0.137. The zero-order valence-electron chi connectivity index (χ0n) is 36.9. The number of halogens is 3. The molecule has 0 radical (unpaired) electrons. The molecule has 0 atom stereocenters. The minimum atomic E-state index is -4.60. The van der Waals surface area contributed by atoms with E-state index in [1.54, 1.807) is 25.1 Å². The molecule has 0 N–H and O–H groups in total. The summed E-state index contributed by atoms with van der Waals surface area (Å²) in [5.74, 6) is 3.58. The van der Waals surface area contributed by atoms with E-state index in [0.29, 0.717) is 63.0 Å². The molecule has 4 heterocycles. The molecule has 11 rings (SSSR count). The standard InChI is InChI=1S/C55H38F3N9/c1-30-11-10-14-45(55(56,57)58)52(30)36-18-22-42(51(28-36)67-47-16-9-7-13-40(47)44-27-38(20-24-49(44)67)54-64-33(4)61-34(5)65-54)41-21-17-35(29-59)25-50(41)66-46-15-8-6-12-39(46)43-26-37(19-23-48(43)66)53-62-31(2)60-32(3)63-53/h6-28H,1-5H3. The Labute approximate surface area is 382 Å². The second-order valence-electron chi connectivity index (χ2n) is 16.7. The Morgan fingerprint density at radius 3 is 1.42 bits per heavy atom. The van der Waals surface area contributed by atoms with E-state index in [1.165, 1.54) is 6.07 Å². The lowest BCUT2D eigenvalue weighted by Crippen LogP contribution is -2.08. The van der Waals surface area contributed by atoms with Gasteiger partial charge in [0.1, 0.15) is 23.3 Å². The molecule has 0 saturated heterocycles. The largest absolute Gasteiger partial charge is 0.417 e. The lowest BCUT2D eigenvalue weighted by atomic mass is 9.91. The molecule has 0 aliphatic rings. The third kappa shape index (κ3) is 6.94. The first-order chi connectivity index (χ1) is 32.3. The van der Waals surface area contributed by atoms with Gasteiger partial charge in [-0.3, -0.25) is 0 Å². The Kier molecular flexibility index (Phi) is 9.56. The van der Waals surface area contributed by atoms with Crippen molar-refractivity contribution in [3.8, 4) is 62.5 Å². The minimum Gasteiger partial charge on any atom is -0.309 e. The predicted molar refractivity (Wildman–Crippen MR) is 257 cm³/mol. The summed E-state index contributed by atoms with van der Waals surface area (Å²) < 4.78 is 49.0. The quantitative estimate of drug-likeness (QED) is 0.163. The first-order valence-electron chi connectivity index (χ1n) is 21.7. The molecule has 11 aromatic rings. The number of alkyl halides is 3. The molecule has 7 aromatic carbocycles. The van der Waals surface area contributed by atoms with Crippen molar-refractivity contribution in [3.63, 3.8) is 0 Å². The molecule has 0 unspecified atom stereocenters. The number of nitrogens with zero attached hydrogens (tertiary/aromatic N) is 9. The van der Waals surface area contributed by atoms with Gasteiger partial charge in [0, 0.05) is 43.8 Å². The first-order valence-corrected chi connectivity index (χ1v) is 21.7. The topological polar surface area (TPSA) is 111 Å². The van der Waals surface area contributed by atoms with Gasteiger partial charge in [0.05, 0.1) is 50.6 Å². The van der Waals surface area contributed by atoms with Crippen molar-refractivity contribution in [2.45, 2.75) is 40.8 Å². The van der Waals surface area contributed by atoms with Crippen molar-refractivity contribution in [1.82, 2.24) is 39.0 Å². The van der Waals surface area contributed by atoms with Crippen LogP contribution in [0.4, 0.5) is 13.2 Å². The second-order valence-corrected chi connectivity index (χ2v) is 16.7. The first kappa shape index (κ1) is 41.2. The van der Waals surface area contributed by atoms with Crippen molar-refractivity contribution >= 4 is 43.6 Å². The maximum absolute atomic E-state index is 14.9. The summed E-state index contributed by atoms with van der Waals surface area (Å²) >= 11 is 0. The van der Waals surface area contributed by atoms with E-state index in [-0.39, 0.29) is 5.56 Å². The fourth-order valence-electron chi connectivity index (χ4n) is 9.63. The molecule has 0 bridgehead atoms. The van der Waals surface area contributed by atoms with Gasteiger partial charge in [0.2, 0.25) is 0 Å². The zero-order chi connectivity index (χ0) is 46.3. The maximum Gasteiger partial charge on any atom is 0.417 e. The Hall–Kier alpha value is -8.56. The van der Waals surface area contributed by atoms with E-state index in [1.807, 2.05) is 113 Å². The summed E-state index contributed by atoms with van der Waals surface area (Å²) in [7, 11) is 0. The number of nitriles is 1. The molecule has 4 aromatic heterocycles. The summed E-state index contributed by atoms with van der Waals surface area (Å²) in [5.41, 5.74) is 8.68. The van der Waals surface area contributed by atoms with Crippen LogP contribution in [0.2, 0.25) is 0 Å². The summed E-state index contributed by atoms with van der Waals surface area (Å²) in [4.78, 5) is 27.4. The van der Waals surface area contributed by atoms with Crippen LogP contribution in [0.15, 0.2) is 140 Å². The molecule has 0 fully saturated rings. The van der Waals surface area contributed by atoms with Gasteiger partial charge in [-0.25, -0.2) is 29.9 Å². The van der Waals surface area contributed by atoms with Crippen LogP contribution < -0.4 is 0 Å². The summed E-state index contributed by atoms with van der Waals surface area (Å²) in [6.07, 6.45) is -4.60. The lowest BCUT2D eigenvalue weighted by Gasteiger charge is -2.21. The van der Waals surface area contributed by atoms with Gasteiger partial charge in [-0.1, -0.05) is 66.7 Å². The van der Waals surface area contributed by atoms with Crippen molar-refractivity contribution in [2.75, 3.05) is 0 Å². The van der Waals surface area contributed by atoms with Crippen LogP contribution >= 0.6 is 0 Å². The number of para-hydroxylation sites is 2. The molecular weight excluding hydrogens is 844 g/mol. The molecule has 0 spiro atoms. The van der Waals surface area contributed by atoms with Crippen molar-refractivity contribution in [3.05, 3.63) is 180 Å². The maximum atomic E-state index is 14.9. The Bertz CT molecular complexity index is 3850. The summed E-state index contributed by atoms with van der Waals surface area (Å²) in [6.45, 7) is 9.07. The third-order valence-corrected chi connectivity index (χ3v) is 12.3. The highest BCUT2D eigenvalue weighted by Crippen LogP contribution is 2.45. The van der Waals surface area contributed by atoms with E-state index in [9.17, 15) is 18.4 Å². The third-order valence-electron chi connectivity index (χ3n) is 12.3. The molecular formula is C55H38F3N9. The molecule has 67 heavy (non-hydrogen) atoms. The smallest absolute Gasteiger partial charge is 0.309 e. The minimum absolute atomic E-state index is 0.105. The summed E-state index contributed by atoms with van der Waals surface area (Å²) in [5, 5.41) is 14.2. The molecule has 324 valence electrons. The highest BCUT2D eigenvalue weighted by atomic mass is 19.4. The van der Waals surface area contributed by atoms with Gasteiger partial charge in [-0.05, 0) is 124 Å². The normalized spacial score (nSPS) is 11.9. The Balaban J connectivity index is 1.22. The second kappa shape index (κ2) is 15.6. The Morgan fingerprint density at radius 2 is 0.910 bits per heavy atom. The van der Waals surface area contributed by atoms with E-state index < -0.39 is 11.7 Å². The fraction of sp³-hybridized carbons (Fsp3) is 0.109. The van der Waals surface area contributed by atoms with Crippen LogP contribution in [0.3, 0.4) is 0 Å². The van der Waals surface area contributed by atoms with Crippen LogP contribution in [0.25, 0.3) is 100 Å². The number of hydrogen-bond acceptors (Lipinski definition) is 7. The van der Waals surface area contributed by atoms with Crippen molar-refractivity contribution in [1.29, 1.82) is 5.26 Å². The van der Waals surface area contributed by atoms with Gasteiger partial charge in [-0.2, -0.15) is 18.4 Å². The van der Waals surface area contributed by atoms with Crippen LogP contribution in [-0.4, -0.2) is 39.0 Å². The molecule has 0 aliphatic heterocycles.